The lowest BCUT2D eigenvalue weighted by Gasteiger charge is -2.35. The Morgan fingerprint density at radius 2 is 2.09 bits per heavy atom. The van der Waals surface area contributed by atoms with E-state index >= 15 is 0 Å². The highest BCUT2D eigenvalue weighted by Crippen LogP contribution is 2.33. The molecule has 0 spiro atoms. The number of furan rings is 1. The normalized spacial score (nSPS) is 15.5. The topological polar surface area (TPSA) is 77.9 Å². The van der Waals surface area contributed by atoms with Crippen LogP contribution in [0.25, 0.3) is 11.0 Å². The van der Waals surface area contributed by atoms with Crippen LogP contribution in [-0.2, 0) is 12.8 Å². The SMILES string of the molecule is CCCN(CCCCc1coc2c(OC)cccc12)C1COc2c(F)ccc(C(N)=O)c2C1. The number of rotatable bonds is 10. The molecule has 2 N–H and O–H groups in total. The van der Waals surface area contributed by atoms with Gasteiger partial charge in [0.1, 0.15) is 6.61 Å². The zero-order valence-corrected chi connectivity index (χ0v) is 19.2. The van der Waals surface area contributed by atoms with Gasteiger partial charge in [0.25, 0.3) is 0 Å². The highest BCUT2D eigenvalue weighted by atomic mass is 19.1. The van der Waals surface area contributed by atoms with Crippen LogP contribution in [0, 0.1) is 5.82 Å². The van der Waals surface area contributed by atoms with E-state index < -0.39 is 11.7 Å². The van der Waals surface area contributed by atoms with Gasteiger partial charge >= 0.3 is 0 Å². The van der Waals surface area contributed by atoms with E-state index in [1.165, 1.54) is 17.7 Å². The summed E-state index contributed by atoms with van der Waals surface area (Å²) in [7, 11) is 1.65. The molecule has 2 heterocycles. The first kappa shape index (κ1) is 23.1. The van der Waals surface area contributed by atoms with Crippen molar-refractivity contribution in [2.24, 2.45) is 5.73 Å². The molecule has 1 unspecified atom stereocenters. The average Bonchev–Trinajstić information content (AvgIpc) is 3.24. The first-order valence-electron chi connectivity index (χ1n) is 11.5. The number of carbonyl (C=O) groups is 1. The van der Waals surface area contributed by atoms with Gasteiger partial charge in [-0.25, -0.2) is 4.39 Å². The van der Waals surface area contributed by atoms with Gasteiger partial charge in [0.2, 0.25) is 5.91 Å². The molecule has 1 amide bonds. The lowest BCUT2D eigenvalue weighted by atomic mass is 9.95. The zero-order chi connectivity index (χ0) is 23.4. The minimum atomic E-state index is -0.554. The molecule has 1 aliphatic heterocycles. The fourth-order valence-corrected chi connectivity index (χ4v) is 4.73. The number of ether oxygens (including phenoxy) is 2. The summed E-state index contributed by atoms with van der Waals surface area (Å²) in [6.45, 7) is 4.36. The first-order valence-corrected chi connectivity index (χ1v) is 11.5. The van der Waals surface area contributed by atoms with E-state index in [0.29, 0.717) is 24.2 Å². The molecule has 1 aromatic heterocycles. The minimum Gasteiger partial charge on any atom is -0.493 e. The van der Waals surface area contributed by atoms with Crippen LogP contribution >= 0.6 is 0 Å². The van der Waals surface area contributed by atoms with Crippen molar-refractivity contribution in [2.75, 3.05) is 26.8 Å². The number of nitrogens with zero attached hydrogens (tertiary/aromatic N) is 1. The third-order valence-corrected chi connectivity index (χ3v) is 6.37. The number of methoxy groups -OCH3 is 1. The second-order valence-corrected chi connectivity index (χ2v) is 8.53. The van der Waals surface area contributed by atoms with Crippen molar-refractivity contribution in [3.8, 4) is 11.5 Å². The molecule has 0 saturated carbocycles. The Bertz CT molecular complexity index is 1130. The summed E-state index contributed by atoms with van der Waals surface area (Å²) in [5.41, 5.74) is 8.42. The molecule has 1 aliphatic rings. The summed E-state index contributed by atoms with van der Waals surface area (Å²) in [5.74, 6) is -0.0838. The van der Waals surface area contributed by atoms with Gasteiger partial charge in [-0.05, 0) is 69.0 Å². The second-order valence-electron chi connectivity index (χ2n) is 8.53. The van der Waals surface area contributed by atoms with E-state index in [-0.39, 0.29) is 11.8 Å². The van der Waals surface area contributed by atoms with Crippen molar-refractivity contribution in [2.45, 2.75) is 45.1 Å². The van der Waals surface area contributed by atoms with Gasteiger partial charge in [-0.3, -0.25) is 9.69 Å². The van der Waals surface area contributed by atoms with E-state index in [1.807, 2.05) is 18.4 Å². The maximum atomic E-state index is 14.2. The third-order valence-electron chi connectivity index (χ3n) is 6.37. The van der Waals surface area contributed by atoms with Crippen LogP contribution in [0.1, 0.15) is 47.7 Å². The van der Waals surface area contributed by atoms with Crippen molar-refractivity contribution in [3.63, 3.8) is 0 Å². The van der Waals surface area contributed by atoms with Crippen LogP contribution in [0.15, 0.2) is 41.0 Å². The number of fused-ring (bicyclic) bond motifs is 2. The average molecular weight is 455 g/mol. The van der Waals surface area contributed by atoms with Gasteiger partial charge in [0.15, 0.2) is 22.9 Å². The molecule has 6 nitrogen and oxygen atoms in total. The molecular weight excluding hydrogens is 423 g/mol. The van der Waals surface area contributed by atoms with Gasteiger partial charge in [-0.15, -0.1) is 0 Å². The molecule has 0 aliphatic carbocycles. The summed E-state index contributed by atoms with van der Waals surface area (Å²) in [4.78, 5) is 14.2. The molecule has 3 aromatic rings. The van der Waals surface area contributed by atoms with Gasteiger partial charge in [0.05, 0.1) is 13.4 Å². The number of primary amides is 1. The molecular formula is C26H31FN2O4. The van der Waals surface area contributed by atoms with Crippen molar-refractivity contribution in [1.82, 2.24) is 4.90 Å². The number of para-hydroxylation sites is 1. The monoisotopic (exact) mass is 454 g/mol. The van der Waals surface area contributed by atoms with Crippen molar-refractivity contribution in [1.29, 1.82) is 0 Å². The third kappa shape index (κ3) is 4.83. The van der Waals surface area contributed by atoms with E-state index in [9.17, 15) is 9.18 Å². The first-order chi connectivity index (χ1) is 16.0. The summed E-state index contributed by atoms with van der Waals surface area (Å²) < 4.78 is 31.1. The van der Waals surface area contributed by atoms with E-state index in [4.69, 9.17) is 19.6 Å². The maximum absolute atomic E-state index is 14.2. The number of hydrogen-bond acceptors (Lipinski definition) is 5. The van der Waals surface area contributed by atoms with Crippen LogP contribution in [0.4, 0.5) is 4.39 Å². The van der Waals surface area contributed by atoms with Gasteiger partial charge in [-0.1, -0.05) is 19.1 Å². The van der Waals surface area contributed by atoms with Crippen LogP contribution in [0.5, 0.6) is 11.5 Å². The molecule has 0 saturated heterocycles. The second kappa shape index (κ2) is 10.3. The van der Waals surface area contributed by atoms with Crippen LogP contribution in [0.3, 0.4) is 0 Å². The predicted molar refractivity (Wildman–Crippen MR) is 125 cm³/mol. The number of halogens is 1. The summed E-state index contributed by atoms with van der Waals surface area (Å²) in [5, 5.41) is 1.10. The number of hydrogen-bond donors (Lipinski definition) is 1. The Morgan fingerprint density at radius 3 is 2.85 bits per heavy atom. The quantitative estimate of drug-likeness (QED) is 0.449. The number of carbonyl (C=O) groups excluding carboxylic acids is 1. The highest BCUT2D eigenvalue weighted by Gasteiger charge is 2.29. The summed E-state index contributed by atoms with van der Waals surface area (Å²) in [6.07, 6.45) is 6.31. The van der Waals surface area contributed by atoms with E-state index in [0.717, 1.165) is 55.5 Å². The number of amides is 1. The van der Waals surface area contributed by atoms with E-state index in [1.54, 1.807) is 7.11 Å². The Morgan fingerprint density at radius 1 is 1.24 bits per heavy atom. The number of benzene rings is 2. The zero-order valence-electron chi connectivity index (χ0n) is 19.2. The molecule has 1 atom stereocenters. The van der Waals surface area contributed by atoms with Crippen molar-refractivity contribution >= 4 is 16.9 Å². The fraction of sp³-hybridized carbons (Fsp3) is 0.423. The fourth-order valence-electron chi connectivity index (χ4n) is 4.73. The van der Waals surface area contributed by atoms with Gasteiger partial charge in [0, 0.05) is 22.6 Å². The molecule has 176 valence electrons. The number of nitrogens with two attached hydrogens (primary N) is 1. The molecule has 0 bridgehead atoms. The summed E-state index contributed by atoms with van der Waals surface area (Å²) >= 11 is 0. The van der Waals surface area contributed by atoms with Crippen LogP contribution in [0.2, 0.25) is 0 Å². The lowest BCUT2D eigenvalue weighted by Crippen LogP contribution is -2.44. The van der Waals surface area contributed by atoms with Crippen molar-refractivity contribution < 1.29 is 23.1 Å². The Hall–Kier alpha value is -3.06. The van der Waals surface area contributed by atoms with Crippen molar-refractivity contribution in [3.05, 3.63) is 59.1 Å². The molecule has 0 fully saturated rings. The predicted octanol–water partition coefficient (Wildman–Crippen LogP) is 4.72. The van der Waals surface area contributed by atoms with E-state index in [2.05, 4.69) is 17.9 Å². The number of unbranched alkanes of at least 4 members (excludes halogenated alkanes) is 1. The van der Waals surface area contributed by atoms with Gasteiger partial charge in [-0.2, -0.15) is 0 Å². The van der Waals surface area contributed by atoms with Crippen LogP contribution in [-0.4, -0.2) is 43.7 Å². The smallest absolute Gasteiger partial charge is 0.249 e. The largest absolute Gasteiger partial charge is 0.493 e. The molecule has 33 heavy (non-hydrogen) atoms. The Labute approximate surface area is 193 Å². The molecule has 0 radical (unpaired) electrons. The lowest BCUT2D eigenvalue weighted by molar-refractivity contribution is 0.0984. The van der Waals surface area contributed by atoms with Gasteiger partial charge < -0.3 is 19.6 Å². The Kier molecular flexibility index (Phi) is 7.18. The minimum absolute atomic E-state index is 0.0800. The molecule has 2 aromatic carbocycles. The van der Waals surface area contributed by atoms with Crippen LogP contribution < -0.4 is 15.2 Å². The standard InChI is InChI=1S/C26H31FN2O4/c1-3-12-29(18-14-21-20(26(28)30)10-11-22(27)24(21)33-16-18)13-5-4-7-17-15-32-25-19(17)8-6-9-23(25)31-2/h6,8-11,15,18H,3-5,7,12-14,16H2,1-2H3,(H2,28,30). The highest BCUT2D eigenvalue weighted by molar-refractivity contribution is 5.95. The number of aryl methyl sites for hydroxylation is 1. The molecule has 4 rings (SSSR count). The Balaban J connectivity index is 1.39. The summed E-state index contributed by atoms with van der Waals surface area (Å²) in [6, 6.07) is 8.73. The maximum Gasteiger partial charge on any atom is 0.249 e. The molecule has 7 heteroatoms.